The van der Waals surface area contributed by atoms with E-state index in [1.54, 1.807) is 0 Å². The van der Waals surface area contributed by atoms with Gasteiger partial charge in [0.15, 0.2) is 5.54 Å². The minimum atomic E-state index is -1.46. The summed E-state index contributed by atoms with van der Waals surface area (Å²) in [7, 11) is 0. The molecule has 0 aliphatic heterocycles. The number of anilines is 1. The van der Waals surface area contributed by atoms with E-state index in [0.29, 0.717) is 5.69 Å². The van der Waals surface area contributed by atoms with Crippen molar-refractivity contribution in [3.05, 3.63) is 30.1 Å². The lowest BCUT2D eigenvalue weighted by Crippen LogP contribution is -2.46. The maximum atomic E-state index is 12.6. The summed E-state index contributed by atoms with van der Waals surface area (Å²) in [4.78, 5) is 10.8. The molecule has 0 saturated carbocycles. The number of aliphatic carboxylic acids is 1. The van der Waals surface area contributed by atoms with E-state index in [1.807, 2.05) is 0 Å². The average molecular weight is 213 g/mol. The maximum absolute atomic E-state index is 12.6. The first-order valence-corrected chi connectivity index (χ1v) is 4.36. The normalized spacial score (nSPS) is 14.3. The van der Waals surface area contributed by atoms with Crippen LogP contribution in [0.2, 0.25) is 0 Å². The van der Waals surface area contributed by atoms with Crippen LogP contribution in [0.3, 0.4) is 0 Å². The average Bonchev–Trinajstić information content (AvgIpc) is 2.21. The summed E-state index contributed by atoms with van der Waals surface area (Å²) in [6.07, 6.45) is 0. The second-order valence-corrected chi connectivity index (χ2v) is 3.43. The summed E-state index contributed by atoms with van der Waals surface area (Å²) < 4.78 is 12.6. The molecule has 0 amide bonds. The fourth-order valence-electron chi connectivity index (χ4n) is 1.01. The molecular weight excluding hydrogens is 201 g/mol. The van der Waals surface area contributed by atoms with Crippen LogP contribution in [0, 0.1) is 5.82 Å². The quantitative estimate of drug-likeness (QED) is 0.699. The van der Waals surface area contributed by atoms with Crippen LogP contribution in [-0.2, 0) is 4.79 Å². The van der Waals surface area contributed by atoms with Gasteiger partial charge in [-0.2, -0.15) is 0 Å². The first-order valence-electron chi connectivity index (χ1n) is 4.36. The van der Waals surface area contributed by atoms with Gasteiger partial charge in [-0.1, -0.05) is 0 Å². The maximum Gasteiger partial charge on any atom is 0.331 e. The van der Waals surface area contributed by atoms with E-state index >= 15 is 0 Å². The van der Waals surface area contributed by atoms with E-state index in [9.17, 15) is 9.18 Å². The Bertz CT molecular complexity index is 352. The van der Waals surface area contributed by atoms with Crippen LogP contribution in [0.25, 0.3) is 0 Å². The van der Waals surface area contributed by atoms with Gasteiger partial charge in [-0.15, -0.1) is 0 Å². The number of benzene rings is 1. The summed E-state index contributed by atoms with van der Waals surface area (Å²) in [5.41, 5.74) is -1.02. The lowest BCUT2D eigenvalue weighted by Gasteiger charge is -2.24. The summed E-state index contributed by atoms with van der Waals surface area (Å²) in [6, 6.07) is 5.24. The van der Waals surface area contributed by atoms with Crippen molar-refractivity contribution in [3.63, 3.8) is 0 Å². The molecule has 1 atom stereocenters. The van der Waals surface area contributed by atoms with Crippen molar-refractivity contribution in [1.82, 2.24) is 0 Å². The van der Waals surface area contributed by atoms with E-state index < -0.39 is 23.9 Å². The van der Waals surface area contributed by atoms with Gasteiger partial charge in [0.05, 0.1) is 6.61 Å². The van der Waals surface area contributed by atoms with Crippen molar-refractivity contribution in [2.45, 2.75) is 12.5 Å². The van der Waals surface area contributed by atoms with Gasteiger partial charge in [-0.05, 0) is 31.2 Å². The van der Waals surface area contributed by atoms with Crippen molar-refractivity contribution in [1.29, 1.82) is 0 Å². The molecule has 1 unspecified atom stereocenters. The largest absolute Gasteiger partial charge is 0.479 e. The number of carbonyl (C=O) groups is 1. The number of hydrogen-bond donors (Lipinski definition) is 3. The van der Waals surface area contributed by atoms with Crippen LogP contribution in [0.5, 0.6) is 0 Å². The third kappa shape index (κ3) is 2.66. The van der Waals surface area contributed by atoms with E-state index in [0.717, 1.165) is 0 Å². The van der Waals surface area contributed by atoms with E-state index in [1.165, 1.54) is 31.2 Å². The monoisotopic (exact) mass is 213 g/mol. The topological polar surface area (TPSA) is 69.6 Å². The second kappa shape index (κ2) is 4.27. The Morgan fingerprint density at radius 3 is 2.40 bits per heavy atom. The highest BCUT2D eigenvalue weighted by Gasteiger charge is 2.32. The minimum absolute atomic E-state index is 0.401. The summed E-state index contributed by atoms with van der Waals surface area (Å²) in [5, 5.41) is 20.4. The van der Waals surface area contributed by atoms with Gasteiger partial charge in [-0.25, -0.2) is 9.18 Å². The Morgan fingerprint density at radius 1 is 1.47 bits per heavy atom. The van der Waals surface area contributed by atoms with E-state index in [2.05, 4.69) is 5.32 Å². The molecule has 0 bridgehead atoms. The Balaban J connectivity index is 2.84. The number of nitrogens with one attached hydrogen (secondary N) is 1. The molecule has 1 rings (SSSR count). The van der Waals surface area contributed by atoms with Crippen LogP contribution in [0.15, 0.2) is 24.3 Å². The molecule has 5 heteroatoms. The Hall–Kier alpha value is -1.62. The number of carboxylic acids is 1. The standard InChI is InChI=1S/C10H12FNO3/c1-10(6-13,9(14)15)12-8-4-2-7(11)3-5-8/h2-5,12-13H,6H2,1H3,(H,14,15). The minimum Gasteiger partial charge on any atom is -0.479 e. The summed E-state index contributed by atoms with van der Waals surface area (Å²) in [5.74, 6) is -1.57. The predicted octanol–water partition coefficient (Wildman–Crippen LogP) is 1.07. The van der Waals surface area contributed by atoms with Gasteiger partial charge in [0.1, 0.15) is 5.82 Å². The lowest BCUT2D eigenvalue weighted by molar-refractivity contribution is -0.143. The summed E-state index contributed by atoms with van der Waals surface area (Å²) >= 11 is 0. The molecular formula is C10H12FNO3. The third-order valence-electron chi connectivity index (χ3n) is 2.05. The molecule has 0 aliphatic carbocycles. The van der Waals surface area contributed by atoms with E-state index in [-0.39, 0.29) is 0 Å². The van der Waals surface area contributed by atoms with Crippen molar-refractivity contribution in [3.8, 4) is 0 Å². The van der Waals surface area contributed by atoms with Crippen molar-refractivity contribution >= 4 is 11.7 Å². The number of halogens is 1. The molecule has 0 aliphatic rings. The molecule has 4 nitrogen and oxygen atoms in total. The molecule has 0 aromatic heterocycles. The molecule has 3 N–H and O–H groups in total. The highest BCUT2D eigenvalue weighted by atomic mass is 19.1. The third-order valence-corrected chi connectivity index (χ3v) is 2.05. The number of hydrogen-bond acceptors (Lipinski definition) is 3. The predicted molar refractivity (Wildman–Crippen MR) is 53.1 cm³/mol. The molecule has 1 aromatic rings. The number of aliphatic hydroxyl groups excluding tert-OH is 1. The van der Waals surface area contributed by atoms with Crippen LogP contribution in [0.4, 0.5) is 10.1 Å². The zero-order chi connectivity index (χ0) is 11.5. The number of rotatable bonds is 4. The van der Waals surface area contributed by atoms with Gasteiger partial charge < -0.3 is 15.5 Å². The van der Waals surface area contributed by atoms with Gasteiger partial charge >= 0.3 is 5.97 Å². The van der Waals surface area contributed by atoms with Crippen LogP contribution in [0.1, 0.15) is 6.92 Å². The van der Waals surface area contributed by atoms with Gasteiger partial charge in [0.2, 0.25) is 0 Å². The fourth-order valence-corrected chi connectivity index (χ4v) is 1.01. The second-order valence-electron chi connectivity index (χ2n) is 3.43. The Labute approximate surface area is 86.4 Å². The van der Waals surface area contributed by atoms with Gasteiger partial charge in [0, 0.05) is 5.69 Å². The molecule has 15 heavy (non-hydrogen) atoms. The van der Waals surface area contributed by atoms with Crippen LogP contribution in [-0.4, -0.2) is 28.3 Å². The first-order chi connectivity index (χ1) is 6.98. The number of aliphatic hydroxyl groups is 1. The Kier molecular flexibility index (Phi) is 3.26. The smallest absolute Gasteiger partial charge is 0.331 e. The SMILES string of the molecule is CC(CO)(Nc1ccc(F)cc1)C(=O)O. The van der Waals surface area contributed by atoms with Gasteiger partial charge in [0.25, 0.3) is 0 Å². The zero-order valence-electron chi connectivity index (χ0n) is 8.20. The molecule has 1 aromatic carbocycles. The molecule has 0 fully saturated rings. The lowest BCUT2D eigenvalue weighted by atomic mass is 10.0. The van der Waals surface area contributed by atoms with Crippen molar-refractivity contribution in [2.75, 3.05) is 11.9 Å². The number of carboxylic acid groups (broad SMARTS) is 1. The molecule has 82 valence electrons. The van der Waals surface area contributed by atoms with Gasteiger partial charge in [-0.3, -0.25) is 0 Å². The van der Waals surface area contributed by atoms with E-state index in [4.69, 9.17) is 10.2 Å². The van der Waals surface area contributed by atoms with Crippen LogP contribution >= 0.6 is 0 Å². The summed E-state index contributed by atoms with van der Waals surface area (Å²) in [6.45, 7) is 0.790. The molecule has 0 saturated heterocycles. The molecule has 0 radical (unpaired) electrons. The Morgan fingerprint density at radius 2 is 2.00 bits per heavy atom. The van der Waals surface area contributed by atoms with Crippen molar-refractivity contribution < 1.29 is 19.4 Å². The molecule has 0 spiro atoms. The molecule has 0 heterocycles. The highest BCUT2D eigenvalue weighted by molar-refractivity contribution is 5.82. The fraction of sp³-hybridized carbons (Fsp3) is 0.300. The van der Waals surface area contributed by atoms with Crippen molar-refractivity contribution in [2.24, 2.45) is 0 Å². The highest BCUT2D eigenvalue weighted by Crippen LogP contribution is 2.15. The zero-order valence-corrected chi connectivity index (χ0v) is 8.20. The van der Waals surface area contributed by atoms with Crippen LogP contribution < -0.4 is 5.32 Å². The first kappa shape index (κ1) is 11.5.